The highest BCUT2D eigenvalue weighted by molar-refractivity contribution is 14.0. The summed E-state index contributed by atoms with van der Waals surface area (Å²) in [7, 11) is 1.67. The molecule has 0 aromatic carbocycles. The molecule has 1 aromatic heterocycles. The van der Waals surface area contributed by atoms with Gasteiger partial charge in [0.05, 0.1) is 19.4 Å². The molecule has 0 aliphatic carbocycles. The lowest BCUT2D eigenvalue weighted by atomic mass is 9.79. The summed E-state index contributed by atoms with van der Waals surface area (Å²) in [5, 5.41) is 10.9. The van der Waals surface area contributed by atoms with Gasteiger partial charge in [0.25, 0.3) is 5.91 Å². The van der Waals surface area contributed by atoms with Crippen molar-refractivity contribution in [2.24, 2.45) is 10.9 Å². The number of piperidine rings is 1. The lowest BCUT2D eigenvalue weighted by Crippen LogP contribution is -2.55. The van der Waals surface area contributed by atoms with Crippen molar-refractivity contribution in [3.8, 4) is 0 Å². The maximum absolute atomic E-state index is 12.1. The fraction of sp³-hybridized carbons (Fsp3) is 0.556. The number of hydrogen-bond donors (Lipinski definition) is 4. The Balaban J connectivity index is 0.00000300. The van der Waals surface area contributed by atoms with Crippen LogP contribution in [0.4, 0.5) is 4.79 Å². The standard InChI is InChI=1S/C18H26N6O4.HI/c1-18(15(26)22-17(27)23-18)12-5-7-24(8-6-12)16(19-2)21-11-14(25)20-10-13-4-3-9-28-13;/h3-4,9,12H,5-8,10-11H2,1-2H3,(H,19,21)(H,20,25)(H2,22,23,26,27);1H. The molecule has 3 heterocycles. The molecule has 11 heteroatoms. The van der Waals surface area contributed by atoms with Crippen molar-refractivity contribution < 1.29 is 18.8 Å². The van der Waals surface area contributed by atoms with Crippen LogP contribution < -0.4 is 21.3 Å². The van der Waals surface area contributed by atoms with E-state index >= 15 is 0 Å². The fourth-order valence-corrected chi connectivity index (χ4v) is 3.67. The van der Waals surface area contributed by atoms with Gasteiger partial charge in [-0.1, -0.05) is 0 Å². The molecule has 0 radical (unpaired) electrons. The zero-order valence-electron chi connectivity index (χ0n) is 16.5. The summed E-state index contributed by atoms with van der Waals surface area (Å²) in [4.78, 5) is 41.9. The number of aliphatic imine (C=N–C) groups is 1. The molecule has 1 atom stereocenters. The van der Waals surface area contributed by atoms with Crippen LogP contribution in [-0.4, -0.2) is 60.9 Å². The summed E-state index contributed by atoms with van der Waals surface area (Å²) in [6.07, 6.45) is 3.03. The number of guanidine groups is 1. The highest BCUT2D eigenvalue weighted by atomic mass is 127. The van der Waals surface area contributed by atoms with Crippen LogP contribution in [0.3, 0.4) is 0 Å². The topological polar surface area (TPSA) is 128 Å². The van der Waals surface area contributed by atoms with Gasteiger partial charge in [0.15, 0.2) is 5.96 Å². The minimum atomic E-state index is -0.869. The third kappa shape index (κ3) is 5.40. The molecule has 10 nitrogen and oxygen atoms in total. The fourth-order valence-electron chi connectivity index (χ4n) is 3.67. The van der Waals surface area contributed by atoms with Gasteiger partial charge in [-0.2, -0.15) is 0 Å². The Kier molecular flexibility index (Phi) is 7.88. The maximum atomic E-state index is 12.1. The number of carbonyl (C=O) groups is 3. The average molecular weight is 518 g/mol. The molecule has 3 rings (SSSR count). The number of halogens is 1. The summed E-state index contributed by atoms with van der Waals surface area (Å²) >= 11 is 0. The van der Waals surface area contributed by atoms with E-state index in [1.807, 2.05) is 4.90 Å². The number of carbonyl (C=O) groups excluding carboxylic acids is 3. The molecular formula is C18H27IN6O4. The van der Waals surface area contributed by atoms with E-state index in [0.29, 0.717) is 31.4 Å². The van der Waals surface area contributed by atoms with Crippen LogP contribution in [0.2, 0.25) is 0 Å². The largest absolute Gasteiger partial charge is 0.467 e. The smallest absolute Gasteiger partial charge is 0.322 e. The van der Waals surface area contributed by atoms with Crippen LogP contribution in [0.15, 0.2) is 27.8 Å². The van der Waals surface area contributed by atoms with Crippen LogP contribution in [0.25, 0.3) is 0 Å². The van der Waals surface area contributed by atoms with Gasteiger partial charge in [-0.3, -0.25) is 19.9 Å². The Morgan fingerprint density at radius 1 is 1.34 bits per heavy atom. The predicted octanol–water partition coefficient (Wildman–Crippen LogP) is 0.399. The van der Waals surface area contributed by atoms with Crippen molar-refractivity contribution in [1.82, 2.24) is 26.2 Å². The highest BCUT2D eigenvalue weighted by Gasteiger charge is 2.48. The van der Waals surface area contributed by atoms with Gasteiger partial charge in [0.1, 0.15) is 11.3 Å². The summed E-state index contributed by atoms with van der Waals surface area (Å²) in [6, 6.07) is 3.13. The van der Waals surface area contributed by atoms with Crippen molar-refractivity contribution in [2.45, 2.75) is 31.8 Å². The first-order valence-electron chi connectivity index (χ1n) is 9.30. The van der Waals surface area contributed by atoms with Gasteiger partial charge >= 0.3 is 6.03 Å². The third-order valence-corrected chi connectivity index (χ3v) is 5.34. The number of amides is 4. The van der Waals surface area contributed by atoms with Crippen molar-refractivity contribution in [1.29, 1.82) is 0 Å². The maximum Gasteiger partial charge on any atom is 0.322 e. The Bertz CT molecular complexity index is 760. The summed E-state index contributed by atoms with van der Waals surface area (Å²) < 4.78 is 5.18. The molecule has 0 bridgehead atoms. The summed E-state index contributed by atoms with van der Waals surface area (Å²) in [5.41, 5.74) is -0.869. The number of imide groups is 1. The Hall–Kier alpha value is -2.31. The monoisotopic (exact) mass is 518 g/mol. The first kappa shape index (κ1) is 23.0. The van der Waals surface area contributed by atoms with E-state index < -0.39 is 11.6 Å². The second-order valence-electron chi connectivity index (χ2n) is 7.13. The van der Waals surface area contributed by atoms with Gasteiger partial charge in [-0.15, -0.1) is 24.0 Å². The van der Waals surface area contributed by atoms with Gasteiger partial charge < -0.3 is 25.3 Å². The Labute approximate surface area is 186 Å². The lowest BCUT2D eigenvalue weighted by molar-refractivity contribution is -0.125. The number of nitrogens with one attached hydrogen (secondary N) is 4. The zero-order chi connectivity index (χ0) is 20.1. The number of nitrogens with zero attached hydrogens (tertiary/aromatic N) is 2. The van der Waals surface area contributed by atoms with Crippen molar-refractivity contribution in [2.75, 3.05) is 26.7 Å². The highest BCUT2D eigenvalue weighted by Crippen LogP contribution is 2.30. The van der Waals surface area contributed by atoms with Crippen LogP contribution in [-0.2, 0) is 16.1 Å². The quantitative estimate of drug-likeness (QED) is 0.194. The number of rotatable bonds is 5. The van der Waals surface area contributed by atoms with Gasteiger partial charge in [-0.05, 0) is 37.8 Å². The molecule has 4 amide bonds. The van der Waals surface area contributed by atoms with E-state index in [1.54, 1.807) is 32.4 Å². The van der Waals surface area contributed by atoms with Crippen molar-refractivity contribution >= 4 is 47.8 Å². The Morgan fingerprint density at radius 3 is 2.62 bits per heavy atom. The second-order valence-corrected chi connectivity index (χ2v) is 7.13. The van der Waals surface area contributed by atoms with E-state index in [-0.39, 0.29) is 48.3 Å². The molecule has 0 saturated carbocycles. The Morgan fingerprint density at radius 2 is 2.07 bits per heavy atom. The van der Waals surface area contributed by atoms with E-state index in [9.17, 15) is 14.4 Å². The molecule has 2 fully saturated rings. The van der Waals surface area contributed by atoms with Crippen LogP contribution in [0, 0.1) is 5.92 Å². The molecule has 29 heavy (non-hydrogen) atoms. The zero-order valence-corrected chi connectivity index (χ0v) is 18.8. The minimum absolute atomic E-state index is 0. The number of likely N-dealkylation sites (tertiary alicyclic amines) is 1. The first-order chi connectivity index (χ1) is 13.4. The molecule has 2 aliphatic heterocycles. The minimum Gasteiger partial charge on any atom is -0.467 e. The summed E-state index contributed by atoms with van der Waals surface area (Å²) in [6.45, 7) is 3.56. The van der Waals surface area contributed by atoms with Crippen LogP contribution in [0.1, 0.15) is 25.5 Å². The molecule has 4 N–H and O–H groups in total. The van der Waals surface area contributed by atoms with Gasteiger partial charge in [0.2, 0.25) is 5.91 Å². The number of hydrogen-bond acceptors (Lipinski definition) is 5. The number of urea groups is 1. The van der Waals surface area contributed by atoms with E-state index in [4.69, 9.17) is 4.42 Å². The molecule has 160 valence electrons. The SMILES string of the molecule is CN=C(NCC(=O)NCc1ccco1)N1CCC(C2(C)NC(=O)NC2=O)CC1.I. The van der Waals surface area contributed by atoms with Crippen LogP contribution >= 0.6 is 24.0 Å². The third-order valence-electron chi connectivity index (χ3n) is 5.34. The lowest BCUT2D eigenvalue weighted by Gasteiger charge is -2.39. The van der Waals surface area contributed by atoms with E-state index in [1.165, 1.54) is 0 Å². The molecular weight excluding hydrogens is 491 g/mol. The molecule has 1 unspecified atom stereocenters. The molecule has 2 aliphatic rings. The van der Waals surface area contributed by atoms with E-state index in [0.717, 1.165) is 12.8 Å². The van der Waals surface area contributed by atoms with Crippen molar-refractivity contribution in [3.63, 3.8) is 0 Å². The first-order valence-corrected chi connectivity index (χ1v) is 9.30. The average Bonchev–Trinajstić information content (AvgIpc) is 3.29. The normalized spacial score (nSPS) is 22.6. The number of furan rings is 1. The molecule has 0 spiro atoms. The van der Waals surface area contributed by atoms with Crippen LogP contribution in [0.5, 0.6) is 0 Å². The van der Waals surface area contributed by atoms with E-state index in [2.05, 4.69) is 26.3 Å². The molecule has 1 aromatic rings. The second kappa shape index (κ2) is 9.94. The van der Waals surface area contributed by atoms with Gasteiger partial charge in [0, 0.05) is 20.1 Å². The predicted molar refractivity (Wildman–Crippen MR) is 117 cm³/mol. The van der Waals surface area contributed by atoms with Crippen molar-refractivity contribution in [3.05, 3.63) is 24.2 Å². The van der Waals surface area contributed by atoms with Gasteiger partial charge in [-0.25, -0.2) is 4.79 Å². The summed E-state index contributed by atoms with van der Waals surface area (Å²) in [5.74, 6) is 0.940. The molecule has 2 saturated heterocycles.